The summed E-state index contributed by atoms with van der Waals surface area (Å²) in [5.41, 5.74) is 2.36. The van der Waals surface area contributed by atoms with Gasteiger partial charge in [-0.2, -0.15) is 0 Å². The van der Waals surface area contributed by atoms with E-state index in [0.717, 1.165) is 26.7 Å². The standard InChI is InChI=1S/C27H26N2O4S/c1-18(2)26(28-24(30)16-19-10-4-3-5-11-19)27(32)33-17-25(31)29-20-12-6-8-14-22(20)34-23-15-9-7-13-21(23)29/h3-15,18,26H,16-17H2,1-2H3,(H,28,30). The minimum Gasteiger partial charge on any atom is -0.454 e. The first kappa shape index (κ1) is 23.6. The van der Waals surface area contributed by atoms with Crippen LogP contribution in [0.25, 0.3) is 0 Å². The van der Waals surface area contributed by atoms with Gasteiger partial charge in [0.05, 0.1) is 17.8 Å². The average Bonchev–Trinajstić information content (AvgIpc) is 2.84. The number of nitrogens with zero attached hydrogens (tertiary/aromatic N) is 1. The maximum Gasteiger partial charge on any atom is 0.329 e. The Morgan fingerprint density at radius 2 is 1.41 bits per heavy atom. The lowest BCUT2D eigenvalue weighted by Crippen LogP contribution is -2.46. The minimum atomic E-state index is -0.847. The highest BCUT2D eigenvalue weighted by Gasteiger charge is 2.30. The van der Waals surface area contributed by atoms with Crippen LogP contribution in [0.2, 0.25) is 0 Å². The third-order valence-corrected chi connectivity index (χ3v) is 6.59. The number of hydrogen-bond donors (Lipinski definition) is 1. The van der Waals surface area contributed by atoms with Gasteiger partial charge in [0.15, 0.2) is 6.61 Å². The van der Waals surface area contributed by atoms with Gasteiger partial charge in [-0.25, -0.2) is 4.79 Å². The second kappa shape index (κ2) is 10.6. The Kier molecular flexibility index (Phi) is 7.33. The van der Waals surface area contributed by atoms with Gasteiger partial charge in [-0.3, -0.25) is 14.5 Å². The van der Waals surface area contributed by atoms with Crippen molar-refractivity contribution in [3.8, 4) is 0 Å². The Balaban J connectivity index is 1.44. The monoisotopic (exact) mass is 474 g/mol. The Labute approximate surface area is 203 Å². The zero-order valence-electron chi connectivity index (χ0n) is 19.1. The topological polar surface area (TPSA) is 75.7 Å². The van der Waals surface area contributed by atoms with Gasteiger partial charge in [-0.1, -0.05) is 80.2 Å². The first-order chi connectivity index (χ1) is 16.4. The fraction of sp³-hybridized carbons (Fsp3) is 0.222. The molecule has 1 aliphatic heterocycles. The van der Waals surface area contributed by atoms with E-state index in [1.165, 1.54) is 0 Å². The molecule has 1 aliphatic rings. The summed E-state index contributed by atoms with van der Waals surface area (Å²) in [6.45, 7) is 3.22. The summed E-state index contributed by atoms with van der Waals surface area (Å²) < 4.78 is 5.41. The predicted octanol–water partition coefficient (Wildman–Crippen LogP) is 4.74. The van der Waals surface area contributed by atoms with E-state index in [9.17, 15) is 14.4 Å². The first-order valence-electron chi connectivity index (χ1n) is 11.1. The molecule has 0 saturated carbocycles. The maximum absolute atomic E-state index is 13.2. The maximum atomic E-state index is 13.2. The van der Waals surface area contributed by atoms with E-state index in [1.54, 1.807) is 16.7 Å². The van der Waals surface area contributed by atoms with E-state index < -0.39 is 18.6 Å². The summed E-state index contributed by atoms with van der Waals surface area (Å²) in [5, 5.41) is 2.76. The highest BCUT2D eigenvalue weighted by atomic mass is 32.2. The number of ether oxygens (including phenoxy) is 1. The van der Waals surface area contributed by atoms with Crippen LogP contribution >= 0.6 is 11.8 Å². The molecule has 174 valence electrons. The molecule has 2 amide bonds. The van der Waals surface area contributed by atoms with Crippen LogP contribution in [0.3, 0.4) is 0 Å². The molecule has 0 fully saturated rings. The summed E-state index contributed by atoms with van der Waals surface area (Å²) in [6, 6.07) is 23.7. The number of fused-ring (bicyclic) bond motifs is 2. The molecule has 6 nitrogen and oxygen atoms in total. The van der Waals surface area contributed by atoms with E-state index in [2.05, 4.69) is 5.32 Å². The van der Waals surface area contributed by atoms with Gasteiger partial charge in [0.25, 0.3) is 5.91 Å². The van der Waals surface area contributed by atoms with Gasteiger partial charge < -0.3 is 10.1 Å². The van der Waals surface area contributed by atoms with Crippen molar-refractivity contribution in [3.63, 3.8) is 0 Å². The number of para-hydroxylation sites is 2. The van der Waals surface area contributed by atoms with E-state index >= 15 is 0 Å². The third kappa shape index (κ3) is 5.31. The zero-order chi connectivity index (χ0) is 24.1. The number of benzene rings is 3. The van der Waals surface area contributed by atoms with Gasteiger partial charge in [-0.05, 0) is 35.7 Å². The largest absolute Gasteiger partial charge is 0.454 e. The van der Waals surface area contributed by atoms with Gasteiger partial charge >= 0.3 is 5.97 Å². The molecule has 0 spiro atoms. The Hall–Kier alpha value is -3.58. The van der Waals surface area contributed by atoms with Crippen LogP contribution in [-0.4, -0.2) is 30.4 Å². The summed E-state index contributed by atoms with van der Waals surface area (Å²) >= 11 is 1.60. The molecule has 1 heterocycles. The number of esters is 1. The van der Waals surface area contributed by atoms with Crippen LogP contribution < -0.4 is 10.2 Å². The van der Waals surface area contributed by atoms with Gasteiger partial charge in [-0.15, -0.1) is 0 Å². The molecule has 3 aromatic carbocycles. The molecule has 4 rings (SSSR count). The van der Waals surface area contributed by atoms with E-state index in [0.29, 0.717) is 0 Å². The predicted molar refractivity (Wildman–Crippen MR) is 132 cm³/mol. The van der Waals surface area contributed by atoms with E-state index in [-0.39, 0.29) is 24.2 Å². The van der Waals surface area contributed by atoms with Crippen molar-refractivity contribution < 1.29 is 19.1 Å². The quantitative estimate of drug-likeness (QED) is 0.501. The number of rotatable bonds is 7. The van der Waals surface area contributed by atoms with Crippen LogP contribution in [0, 0.1) is 5.92 Å². The summed E-state index contributed by atoms with van der Waals surface area (Å²) in [5.74, 6) is -1.45. The molecular weight excluding hydrogens is 448 g/mol. The van der Waals surface area contributed by atoms with Crippen molar-refractivity contribution in [3.05, 3.63) is 84.4 Å². The van der Waals surface area contributed by atoms with Gasteiger partial charge in [0.1, 0.15) is 6.04 Å². The molecule has 0 radical (unpaired) electrons. The van der Waals surface area contributed by atoms with E-state index in [4.69, 9.17) is 4.74 Å². The fourth-order valence-electron chi connectivity index (χ4n) is 3.76. The van der Waals surface area contributed by atoms with Crippen molar-refractivity contribution in [1.82, 2.24) is 5.32 Å². The number of carbonyl (C=O) groups excluding carboxylic acids is 3. The average molecular weight is 475 g/mol. The van der Waals surface area contributed by atoms with Crippen LogP contribution in [0.1, 0.15) is 19.4 Å². The number of amides is 2. The molecule has 1 atom stereocenters. The molecule has 1 unspecified atom stereocenters. The van der Waals surface area contributed by atoms with Crippen LogP contribution in [0.5, 0.6) is 0 Å². The zero-order valence-corrected chi connectivity index (χ0v) is 19.9. The number of anilines is 2. The number of nitrogens with one attached hydrogen (secondary N) is 1. The van der Waals surface area contributed by atoms with Crippen LogP contribution in [0.15, 0.2) is 88.7 Å². The number of carbonyl (C=O) groups is 3. The number of hydrogen-bond acceptors (Lipinski definition) is 5. The second-order valence-corrected chi connectivity index (χ2v) is 9.41. The normalized spacial score (nSPS) is 13.0. The lowest BCUT2D eigenvalue weighted by Gasteiger charge is -2.31. The molecule has 0 aliphatic carbocycles. The molecule has 3 aromatic rings. The smallest absolute Gasteiger partial charge is 0.329 e. The summed E-state index contributed by atoms with van der Waals surface area (Å²) in [4.78, 5) is 42.1. The molecule has 0 bridgehead atoms. The molecular formula is C27H26N2O4S. The van der Waals surface area contributed by atoms with Crippen molar-refractivity contribution in [2.45, 2.75) is 36.1 Å². The highest BCUT2D eigenvalue weighted by Crippen LogP contribution is 2.47. The fourth-order valence-corrected chi connectivity index (χ4v) is 4.82. The SMILES string of the molecule is CC(C)C(NC(=O)Cc1ccccc1)C(=O)OCC(=O)N1c2ccccc2Sc2ccccc21. The minimum absolute atomic E-state index is 0.162. The van der Waals surface area contributed by atoms with Crippen molar-refractivity contribution in [1.29, 1.82) is 0 Å². The summed E-state index contributed by atoms with van der Waals surface area (Å²) in [7, 11) is 0. The lowest BCUT2D eigenvalue weighted by atomic mass is 10.0. The van der Waals surface area contributed by atoms with Crippen molar-refractivity contribution in [2.75, 3.05) is 11.5 Å². The van der Waals surface area contributed by atoms with Crippen LogP contribution in [-0.2, 0) is 25.5 Å². The van der Waals surface area contributed by atoms with Gasteiger partial charge in [0.2, 0.25) is 5.91 Å². The molecule has 7 heteroatoms. The van der Waals surface area contributed by atoms with Crippen molar-refractivity contribution >= 4 is 40.9 Å². The molecule has 0 aromatic heterocycles. The first-order valence-corrected chi connectivity index (χ1v) is 11.9. The Morgan fingerprint density at radius 3 is 2.00 bits per heavy atom. The van der Waals surface area contributed by atoms with Crippen molar-refractivity contribution in [2.24, 2.45) is 5.92 Å². The molecule has 1 N–H and O–H groups in total. The third-order valence-electron chi connectivity index (χ3n) is 5.46. The summed E-state index contributed by atoms with van der Waals surface area (Å²) in [6.07, 6.45) is 0.162. The second-order valence-electron chi connectivity index (χ2n) is 8.33. The van der Waals surface area contributed by atoms with Crippen LogP contribution in [0.4, 0.5) is 11.4 Å². The Morgan fingerprint density at radius 1 is 0.853 bits per heavy atom. The lowest BCUT2D eigenvalue weighted by molar-refractivity contribution is -0.152. The van der Waals surface area contributed by atoms with E-state index in [1.807, 2.05) is 92.7 Å². The molecule has 34 heavy (non-hydrogen) atoms. The molecule has 0 saturated heterocycles. The van der Waals surface area contributed by atoms with Gasteiger partial charge in [0, 0.05) is 9.79 Å². The Bertz CT molecular complexity index is 1150. The highest BCUT2D eigenvalue weighted by molar-refractivity contribution is 7.99.